The molecule has 2 N–H and O–H groups in total. The van der Waals surface area contributed by atoms with Gasteiger partial charge in [0.05, 0.1) is 6.54 Å². The molecule has 0 rings (SSSR count). The number of aliphatic carboxylic acids is 1. The van der Waals surface area contributed by atoms with Crippen LogP contribution in [0.5, 0.6) is 0 Å². The summed E-state index contributed by atoms with van der Waals surface area (Å²) in [5.74, 6) is -1.57. The maximum atomic E-state index is 11.6. The van der Waals surface area contributed by atoms with Crippen LogP contribution < -0.4 is 5.32 Å². The Hall–Kier alpha value is -1.59. The number of carboxylic acids is 1. The third kappa shape index (κ3) is 6.80. The van der Waals surface area contributed by atoms with Crippen molar-refractivity contribution in [2.24, 2.45) is 5.92 Å². The second-order valence-electron chi connectivity index (χ2n) is 3.97. The molecule has 0 aliphatic carbocycles. The van der Waals surface area contributed by atoms with Gasteiger partial charge in [0.15, 0.2) is 0 Å². The molecule has 0 aromatic heterocycles. The molecule has 6 heteroatoms. The molecule has 0 radical (unpaired) electrons. The van der Waals surface area contributed by atoms with E-state index in [9.17, 15) is 14.4 Å². The minimum absolute atomic E-state index is 0.157. The molecule has 16 heavy (non-hydrogen) atoms. The van der Waals surface area contributed by atoms with Crippen LogP contribution in [0.1, 0.15) is 20.8 Å². The van der Waals surface area contributed by atoms with E-state index in [-0.39, 0.29) is 30.8 Å². The van der Waals surface area contributed by atoms with E-state index in [1.807, 2.05) is 13.8 Å². The fraction of sp³-hybridized carbons (Fsp3) is 0.700. The van der Waals surface area contributed by atoms with E-state index < -0.39 is 5.97 Å². The Labute approximate surface area is 94.6 Å². The monoisotopic (exact) mass is 230 g/mol. The Morgan fingerprint density at radius 3 is 2.25 bits per heavy atom. The number of nitrogens with one attached hydrogen (secondary N) is 1. The first-order valence-electron chi connectivity index (χ1n) is 5.07. The zero-order valence-corrected chi connectivity index (χ0v) is 9.82. The second-order valence-corrected chi connectivity index (χ2v) is 3.97. The average molecular weight is 230 g/mol. The van der Waals surface area contributed by atoms with Crippen molar-refractivity contribution in [3.05, 3.63) is 0 Å². The lowest BCUT2D eigenvalue weighted by Gasteiger charge is -2.22. The van der Waals surface area contributed by atoms with E-state index in [1.54, 1.807) is 0 Å². The van der Waals surface area contributed by atoms with Gasteiger partial charge in [-0.2, -0.15) is 0 Å². The van der Waals surface area contributed by atoms with Crippen LogP contribution in [0.25, 0.3) is 0 Å². The Kier molecular flexibility index (Phi) is 6.14. The second kappa shape index (κ2) is 6.81. The number of amides is 2. The Bertz CT molecular complexity index is 276. The maximum absolute atomic E-state index is 11.6. The van der Waals surface area contributed by atoms with Gasteiger partial charge in [0.1, 0.15) is 6.54 Å². The highest BCUT2D eigenvalue weighted by atomic mass is 16.4. The third-order valence-corrected chi connectivity index (χ3v) is 1.75. The van der Waals surface area contributed by atoms with Crippen LogP contribution in [0.15, 0.2) is 0 Å². The third-order valence-electron chi connectivity index (χ3n) is 1.75. The summed E-state index contributed by atoms with van der Waals surface area (Å²) < 4.78 is 0. The van der Waals surface area contributed by atoms with Crippen molar-refractivity contribution in [2.75, 3.05) is 19.6 Å². The Morgan fingerprint density at radius 1 is 1.31 bits per heavy atom. The van der Waals surface area contributed by atoms with E-state index in [0.717, 1.165) is 0 Å². The van der Waals surface area contributed by atoms with Crippen molar-refractivity contribution < 1.29 is 19.5 Å². The molecule has 0 aliphatic rings. The van der Waals surface area contributed by atoms with E-state index in [2.05, 4.69) is 5.32 Å². The number of hydrogen-bond acceptors (Lipinski definition) is 3. The van der Waals surface area contributed by atoms with Gasteiger partial charge in [0.2, 0.25) is 11.8 Å². The van der Waals surface area contributed by atoms with Crippen LogP contribution in [-0.2, 0) is 14.4 Å². The van der Waals surface area contributed by atoms with Crippen molar-refractivity contribution in [1.29, 1.82) is 0 Å². The van der Waals surface area contributed by atoms with Crippen molar-refractivity contribution in [3.8, 4) is 0 Å². The zero-order chi connectivity index (χ0) is 12.7. The van der Waals surface area contributed by atoms with Crippen LogP contribution >= 0.6 is 0 Å². The fourth-order valence-corrected chi connectivity index (χ4v) is 1.17. The Balaban J connectivity index is 4.31. The average Bonchev–Trinajstić information content (AvgIpc) is 2.11. The zero-order valence-electron chi connectivity index (χ0n) is 9.82. The van der Waals surface area contributed by atoms with Crippen LogP contribution in [0, 0.1) is 5.92 Å². The maximum Gasteiger partial charge on any atom is 0.323 e. The molecule has 0 heterocycles. The summed E-state index contributed by atoms with van der Waals surface area (Å²) in [5, 5.41) is 11.0. The number of nitrogens with zero attached hydrogens (tertiary/aromatic N) is 1. The van der Waals surface area contributed by atoms with Crippen molar-refractivity contribution in [2.45, 2.75) is 20.8 Å². The standard InChI is InChI=1S/C10H18N2O4/c1-7(2)5-12(6-10(15)16)9(14)4-11-8(3)13/h7H,4-6H2,1-3H3,(H,11,13)(H,15,16). The number of rotatable bonds is 6. The van der Waals surface area contributed by atoms with Gasteiger partial charge in [0.25, 0.3) is 0 Å². The van der Waals surface area contributed by atoms with Gasteiger partial charge in [-0.1, -0.05) is 13.8 Å². The number of hydrogen-bond donors (Lipinski definition) is 2. The summed E-state index contributed by atoms with van der Waals surface area (Å²) in [7, 11) is 0. The number of carbonyl (C=O) groups excluding carboxylic acids is 2. The lowest BCUT2D eigenvalue weighted by Crippen LogP contribution is -2.43. The van der Waals surface area contributed by atoms with Crippen LogP contribution in [-0.4, -0.2) is 47.4 Å². The smallest absolute Gasteiger partial charge is 0.323 e. The van der Waals surface area contributed by atoms with E-state index in [1.165, 1.54) is 11.8 Å². The first-order chi connectivity index (χ1) is 7.32. The highest BCUT2D eigenvalue weighted by molar-refractivity contribution is 5.86. The minimum Gasteiger partial charge on any atom is -0.480 e. The van der Waals surface area contributed by atoms with Gasteiger partial charge in [-0.05, 0) is 5.92 Å². The molecule has 0 aromatic carbocycles. The molecule has 0 aromatic rings. The Morgan fingerprint density at radius 2 is 1.88 bits per heavy atom. The van der Waals surface area contributed by atoms with Gasteiger partial charge < -0.3 is 15.3 Å². The van der Waals surface area contributed by atoms with Gasteiger partial charge in [0, 0.05) is 13.5 Å². The predicted molar refractivity (Wildman–Crippen MR) is 57.7 cm³/mol. The molecule has 0 atom stereocenters. The van der Waals surface area contributed by atoms with Gasteiger partial charge in [-0.25, -0.2) is 0 Å². The molecule has 0 aliphatic heterocycles. The quantitative estimate of drug-likeness (QED) is 0.655. The highest BCUT2D eigenvalue weighted by Gasteiger charge is 2.17. The molecular formula is C10H18N2O4. The van der Waals surface area contributed by atoms with Gasteiger partial charge >= 0.3 is 5.97 Å². The molecule has 0 bridgehead atoms. The topological polar surface area (TPSA) is 86.7 Å². The summed E-state index contributed by atoms with van der Waals surface area (Å²) in [6.07, 6.45) is 0. The van der Waals surface area contributed by atoms with E-state index in [0.29, 0.717) is 6.54 Å². The summed E-state index contributed by atoms with van der Waals surface area (Å²) in [6, 6.07) is 0. The molecule has 0 spiro atoms. The lowest BCUT2D eigenvalue weighted by molar-refractivity contribution is -0.144. The number of carbonyl (C=O) groups is 3. The molecule has 6 nitrogen and oxygen atoms in total. The normalized spacial score (nSPS) is 10.0. The first-order valence-corrected chi connectivity index (χ1v) is 5.07. The van der Waals surface area contributed by atoms with Gasteiger partial charge in [-0.3, -0.25) is 14.4 Å². The summed E-state index contributed by atoms with van der Waals surface area (Å²) in [6.45, 7) is 4.95. The minimum atomic E-state index is -1.06. The van der Waals surface area contributed by atoms with Gasteiger partial charge in [-0.15, -0.1) is 0 Å². The summed E-state index contributed by atoms with van der Waals surface area (Å²) >= 11 is 0. The van der Waals surface area contributed by atoms with E-state index >= 15 is 0 Å². The first kappa shape index (κ1) is 14.4. The van der Waals surface area contributed by atoms with Crippen LogP contribution in [0.2, 0.25) is 0 Å². The molecule has 92 valence electrons. The SMILES string of the molecule is CC(=O)NCC(=O)N(CC(=O)O)CC(C)C. The highest BCUT2D eigenvalue weighted by Crippen LogP contribution is 1.99. The molecule has 0 unspecified atom stereocenters. The largest absolute Gasteiger partial charge is 0.480 e. The lowest BCUT2D eigenvalue weighted by atomic mass is 10.2. The predicted octanol–water partition coefficient (Wildman–Crippen LogP) is -0.308. The van der Waals surface area contributed by atoms with Crippen molar-refractivity contribution in [3.63, 3.8) is 0 Å². The number of carboxylic acid groups (broad SMARTS) is 1. The van der Waals surface area contributed by atoms with E-state index in [4.69, 9.17) is 5.11 Å². The summed E-state index contributed by atoms with van der Waals surface area (Å²) in [5.41, 5.74) is 0. The molecule has 0 saturated carbocycles. The molecule has 0 saturated heterocycles. The fourth-order valence-electron chi connectivity index (χ4n) is 1.17. The molecular weight excluding hydrogens is 212 g/mol. The molecule has 0 fully saturated rings. The summed E-state index contributed by atoms with van der Waals surface area (Å²) in [4.78, 5) is 34.0. The van der Waals surface area contributed by atoms with Crippen molar-refractivity contribution in [1.82, 2.24) is 10.2 Å². The van der Waals surface area contributed by atoms with Crippen molar-refractivity contribution >= 4 is 17.8 Å². The van der Waals surface area contributed by atoms with Crippen LogP contribution in [0.3, 0.4) is 0 Å². The molecule has 2 amide bonds. The van der Waals surface area contributed by atoms with Crippen LogP contribution in [0.4, 0.5) is 0 Å².